The first-order chi connectivity index (χ1) is 9.88. The number of nitrogens with one attached hydrogen (secondary N) is 1. The molecule has 0 aliphatic heterocycles. The van der Waals surface area contributed by atoms with Crippen LogP contribution in [0.1, 0.15) is 23.2 Å². The molecule has 1 aromatic carbocycles. The van der Waals surface area contributed by atoms with E-state index in [9.17, 15) is 13.2 Å². The van der Waals surface area contributed by atoms with Crippen LogP contribution >= 0.6 is 26.6 Å². The third-order valence-corrected chi connectivity index (χ3v) is 5.35. The molecule has 0 spiro atoms. The van der Waals surface area contributed by atoms with Crippen LogP contribution in [-0.2, 0) is 13.8 Å². The van der Waals surface area contributed by atoms with Gasteiger partial charge in [0.1, 0.15) is 0 Å². The van der Waals surface area contributed by atoms with Crippen LogP contribution in [0.4, 0.5) is 0 Å². The van der Waals surface area contributed by atoms with E-state index in [1.807, 2.05) is 0 Å². The highest BCUT2D eigenvalue weighted by Gasteiger charge is 2.21. The van der Waals surface area contributed by atoms with Gasteiger partial charge in [0.2, 0.25) is 0 Å². The highest BCUT2D eigenvalue weighted by molar-refractivity contribution is 9.10. The molecule has 1 amide bonds. The molecule has 0 atom stereocenters. The van der Waals surface area contributed by atoms with E-state index in [1.54, 1.807) is 0 Å². The fourth-order valence-corrected chi connectivity index (χ4v) is 3.82. The van der Waals surface area contributed by atoms with E-state index in [1.165, 1.54) is 31.0 Å². The summed E-state index contributed by atoms with van der Waals surface area (Å²) in [4.78, 5) is 11.8. The number of hydrogen-bond donors (Lipinski definition) is 1. The molecule has 1 aliphatic carbocycles. The van der Waals surface area contributed by atoms with Crippen molar-refractivity contribution in [2.45, 2.75) is 17.7 Å². The third kappa shape index (κ3) is 5.25. The molecule has 2 rings (SSSR count). The van der Waals surface area contributed by atoms with E-state index in [-0.39, 0.29) is 16.4 Å². The van der Waals surface area contributed by atoms with Crippen molar-refractivity contribution in [2.24, 2.45) is 5.92 Å². The first kappa shape index (κ1) is 16.7. The van der Waals surface area contributed by atoms with Gasteiger partial charge in [-0.25, -0.2) is 8.42 Å². The van der Waals surface area contributed by atoms with Crippen molar-refractivity contribution < 1.29 is 17.9 Å². The number of carbonyl (C=O) groups is 1. The quantitative estimate of drug-likeness (QED) is 0.568. The van der Waals surface area contributed by atoms with Gasteiger partial charge in [-0.05, 0) is 52.9 Å². The highest BCUT2D eigenvalue weighted by Crippen LogP contribution is 2.28. The van der Waals surface area contributed by atoms with Gasteiger partial charge in [0.05, 0.1) is 11.5 Å². The van der Waals surface area contributed by atoms with E-state index < -0.39 is 9.05 Å². The van der Waals surface area contributed by atoms with Gasteiger partial charge in [-0.2, -0.15) is 0 Å². The summed E-state index contributed by atoms with van der Waals surface area (Å²) in [5.41, 5.74) is 0.236. The molecule has 1 N–H and O–H groups in total. The standard InChI is InChI=1S/C13H15BrClNO4S/c14-11-4-3-10(7-12(11)21(15,18)19)13(17)16-5-6-20-8-9-1-2-9/h3-4,7,9H,1-2,5-6,8H2,(H,16,17). The second kappa shape index (κ2) is 7.09. The van der Waals surface area contributed by atoms with E-state index in [2.05, 4.69) is 21.2 Å². The maximum atomic E-state index is 11.9. The second-order valence-corrected chi connectivity index (χ2v) is 8.25. The lowest BCUT2D eigenvalue weighted by molar-refractivity contribution is 0.0906. The predicted molar refractivity (Wildman–Crippen MR) is 83.1 cm³/mol. The van der Waals surface area contributed by atoms with Gasteiger partial charge in [-0.1, -0.05) is 0 Å². The summed E-state index contributed by atoms with van der Waals surface area (Å²) in [7, 11) is 1.41. The second-order valence-electron chi connectivity index (χ2n) is 4.86. The number of hydrogen-bond acceptors (Lipinski definition) is 4. The molecule has 1 aliphatic rings. The zero-order valence-electron chi connectivity index (χ0n) is 11.1. The lowest BCUT2D eigenvalue weighted by Gasteiger charge is -2.08. The lowest BCUT2D eigenvalue weighted by atomic mass is 10.2. The molecule has 0 unspecified atom stereocenters. The fraction of sp³-hybridized carbons (Fsp3) is 0.462. The summed E-state index contributed by atoms with van der Waals surface area (Å²) in [6.07, 6.45) is 2.45. The molecule has 0 heterocycles. The van der Waals surface area contributed by atoms with E-state index in [4.69, 9.17) is 15.4 Å². The largest absolute Gasteiger partial charge is 0.379 e. The van der Waals surface area contributed by atoms with E-state index >= 15 is 0 Å². The van der Waals surface area contributed by atoms with Crippen molar-refractivity contribution in [3.8, 4) is 0 Å². The van der Waals surface area contributed by atoms with Gasteiger partial charge in [0.25, 0.3) is 15.0 Å². The molecule has 116 valence electrons. The third-order valence-electron chi connectivity index (χ3n) is 3.04. The summed E-state index contributed by atoms with van der Waals surface area (Å²) in [6.45, 7) is 1.56. The van der Waals surface area contributed by atoms with Crippen molar-refractivity contribution in [3.05, 3.63) is 28.2 Å². The normalized spacial score (nSPS) is 15.0. The molecule has 1 aromatic rings. The highest BCUT2D eigenvalue weighted by atomic mass is 79.9. The Labute approximate surface area is 136 Å². The van der Waals surface area contributed by atoms with Gasteiger partial charge in [0.15, 0.2) is 0 Å². The average Bonchev–Trinajstić information content (AvgIpc) is 3.21. The molecular formula is C13H15BrClNO4S. The minimum Gasteiger partial charge on any atom is -0.379 e. The number of halogens is 2. The summed E-state index contributed by atoms with van der Waals surface area (Å²) < 4.78 is 28.5. The average molecular weight is 397 g/mol. The van der Waals surface area contributed by atoms with Gasteiger partial charge in [-0.15, -0.1) is 0 Å². The zero-order chi connectivity index (χ0) is 15.5. The van der Waals surface area contributed by atoms with Crippen LogP contribution in [0.3, 0.4) is 0 Å². The summed E-state index contributed by atoms with van der Waals surface area (Å²) in [5.74, 6) is 0.322. The zero-order valence-corrected chi connectivity index (χ0v) is 14.3. The first-order valence-corrected chi connectivity index (χ1v) is 9.58. The van der Waals surface area contributed by atoms with Gasteiger partial charge < -0.3 is 10.1 Å². The lowest BCUT2D eigenvalue weighted by Crippen LogP contribution is -2.27. The molecule has 1 fully saturated rings. The van der Waals surface area contributed by atoms with Crippen molar-refractivity contribution >= 4 is 41.6 Å². The van der Waals surface area contributed by atoms with Crippen LogP contribution in [0, 0.1) is 5.92 Å². The van der Waals surface area contributed by atoms with Crippen molar-refractivity contribution in [2.75, 3.05) is 19.8 Å². The SMILES string of the molecule is O=C(NCCOCC1CC1)c1ccc(Br)c(S(=O)(=O)Cl)c1. The number of rotatable bonds is 7. The summed E-state index contributed by atoms with van der Waals surface area (Å²) >= 11 is 3.09. The van der Waals surface area contributed by atoms with Crippen LogP contribution in [-0.4, -0.2) is 34.1 Å². The molecule has 0 aromatic heterocycles. The van der Waals surface area contributed by atoms with Gasteiger partial charge in [0, 0.05) is 33.9 Å². The summed E-state index contributed by atoms with van der Waals surface area (Å²) in [6, 6.07) is 4.25. The Hall–Kier alpha value is -0.630. The molecule has 5 nitrogen and oxygen atoms in total. The number of carbonyl (C=O) groups excluding carboxylic acids is 1. The van der Waals surface area contributed by atoms with Crippen LogP contribution in [0.5, 0.6) is 0 Å². The van der Waals surface area contributed by atoms with Crippen molar-refractivity contribution in [1.82, 2.24) is 5.32 Å². The Bertz CT molecular complexity index is 631. The van der Waals surface area contributed by atoms with E-state index in [0.29, 0.717) is 23.5 Å². The Balaban J connectivity index is 1.89. The van der Waals surface area contributed by atoms with E-state index in [0.717, 1.165) is 6.61 Å². The Morgan fingerprint density at radius 3 is 2.76 bits per heavy atom. The molecular weight excluding hydrogens is 382 g/mol. The number of benzene rings is 1. The Morgan fingerprint density at radius 1 is 1.43 bits per heavy atom. The number of amides is 1. The minimum atomic E-state index is -3.90. The predicted octanol–water partition coefficient (Wildman–Crippen LogP) is 2.53. The molecule has 8 heteroatoms. The van der Waals surface area contributed by atoms with Gasteiger partial charge in [-0.3, -0.25) is 4.79 Å². The molecule has 0 radical (unpaired) electrons. The van der Waals surface area contributed by atoms with Crippen molar-refractivity contribution in [1.29, 1.82) is 0 Å². The Kier molecular flexibility index (Phi) is 5.65. The minimum absolute atomic E-state index is 0.123. The topological polar surface area (TPSA) is 72.5 Å². The van der Waals surface area contributed by atoms with Crippen LogP contribution in [0.15, 0.2) is 27.6 Å². The number of ether oxygens (including phenoxy) is 1. The monoisotopic (exact) mass is 395 g/mol. The summed E-state index contributed by atoms with van der Waals surface area (Å²) in [5, 5.41) is 2.67. The van der Waals surface area contributed by atoms with Crippen molar-refractivity contribution in [3.63, 3.8) is 0 Å². The van der Waals surface area contributed by atoms with Crippen LogP contribution in [0.25, 0.3) is 0 Å². The van der Waals surface area contributed by atoms with Gasteiger partial charge >= 0.3 is 0 Å². The first-order valence-electron chi connectivity index (χ1n) is 6.48. The smallest absolute Gasteiger partial charge is 0.262 e. The van der Waals surface area contributed by atoms with Crippen LogP contribution in [0.2, 0.25) is 0 Å². The molecule has 1 saturated carbocycles. The molecule has 21 heavy (non-hydrogen) atoms. The maximum Gasteiger partial charge on any atom is 0.262 e. The molecule has 0 bridgehead atoms. The molecule has 0 saturated heterocycles. The van der Waals surface area contributed by atoms with Crippen LogP contribution < -0.4 is 5.32 Å². The maximum absolute atomic E-state index is 11.9. The fourth-order valence-electron chi connectivity index (χ4n) is 1.70. The Morgan fingerprint density at radius 2 is 2.14 bits per heavy atom.